The van der Waals surface area contributed by atoms with Gasteiger partial charge < -0.3 is 13.9 Å². The number of furan rings is 1. The lowest BCUT2D eigenvalue weighted by molar-refractivity contribution is -0.129. The lowest BCUT2D eigenvalue weighted by Gasteiger charge is -2.17. The molecule has 4 heterocycles. The molecule has 0 unspecified atom stereocenters. The normalized spacial score (nSPS) is 13.5. The Kier molecular flexibility index (Phi) is 5.93. The molecule has 4 rings (SSSR count). The molecule has 2 amide bonds. The summed E-state index contributed by atoms with van der Waals surface area (Å²) in [6, 6.07) is 1.61. The maximum atomic E-state index is 12.7. The van der Waals surface area contributed by atoms with E-state index in [9.17, 15) is 9.59 Å². The number of aromatic nitrogens is 4. The Morgan fingerprint density at radius 3 is 2.97 bits per heavy atom. The Morgan fingerprint density at radius 1 is 1.30 bits per heavy atom. The molecule has 0 aromatic carbocycles. The highest BCUT2D eigenvalue weighted by Gasteiger charge is 2.19. The summed E-state index contributed by atoms with van der Waals surface area (Å²) >= 11 is 1.29. The Labute approximate surface area is 178 Å². The number of likely N-dealkylation sites (N-methyl/N-ethyl adjacent to an activating group) is 1. The summed E-state index contributed by atoms with van der Waals surface area (Å²) in [6.45, 7) is 3.05. The average Bonchev–Trinajstić information content (AvgIpc) is 3.39. The minimum atomic E-state index is -0.280. The fourth-order valence-corrected chi connectivity index (χ4v) is 4.19. The van der Waals surface area contributed by atoms with Gasteiger partial charge in [0.25, 0.3) is 5.91 Å². The van der Waals surface area contributed by atoms with Crippen molar-refractivity contribution in [3.8, 4) is 0 Å². The Bertz CT molecular complexity index is 1050. The molecular formula is C20H24N6O3S. The number of aryl methyl sites for hydroxylation is 2. The van der Waals surface area contributed by atoms with Crippen LogP contribution in [-0.2, 0) is 30.7 Å². The molecule has 30 heavy (non-hydrogen) atoms. The van der Waals surface area contributed by atoms with Crippen LogP contribution in [0.2, 0.25) is 0 Å². The third-order valence-electron chi connectivity index (χ3n) is 5.20. The number of nitrogens with one attached hydrogen (secondary N) is 1. The van der Waals surface area contributed by atoms with Crippen molar-refractivity contribution in [3.63, 3.8) is 0 Å². The highest BCUT2D eigenvalue weighted by Crippen LogP contribution is 2.19. The number of hydrogen-bond acceptors (Lipinski definition) is 7. The van der Waals surface area contributed by atoms with E-state index < -0.39 is 0 Å². The zero-order valence-electron chi connectivity index (χ0n) is 17.1. The standard InChI is InChI=1S/C20H24N6O3S/c1-13-15(7-9-29-13)19(28)22-20-21-14(12-30-20)10-18(27)25(2)11-17-24-23-16-6-4-3-5-8-26(16)17/h7,9,12H,3-6,8,10-11H2,1-2H3,(H,21,22,28). The van der Waals surface area contributed by atoms with Gasteiger partial charge in [-0.05, 0) is 25.8 Å². The first-order valence-corrected chi connectivity index (χ1v) is 10.8. The van der Waals surface area contributed by atoms with E-state index in [-0.39, 0.29) is 18.2 Å². The van der Waals surface area contributed by atoms with Gasteiger partial charge in [0.05, 0.1) is 30.5 Å². The molecule has 0 saturated heterocycles. The predicted molar refractivity (Wildman–Crippen MR) is 111 cm³/mol. The predicted octanol–water partition coefficient (Wildman–Crippen LogP) is 2.82. The van der Waals surface area contributed by atoms with Gasteiger partial charge in [-0.1, -0.05) is 6.42 Å². The smallest absolute Gasteiger partial charge is 0.260 e. The van der Waals surface area contributed by atoms with Gasteiger partial charge >= 0.3 is 0 Å². The van der Waals surface area contributed by atoms with Crippen LogP contribution in [0.1, 0.15) is 52.7 Å². The third-order valence-corrected chi connectivity index (χ3v) is 6.00. The van der Waals surface area contributed by atoms with Gasteiger partial charge in [-0.2, -0.15) is 0 Å². The maximum Gasteiger partial charge on any atom is 0.260 e. The van der Waals surface area contributed by atoms with Crippen LogP contribution in [0.3, 0.4) is 0 Å². The van der Waals surface area contributed by atoms with E-state index in [0.717, 1.165) is 37.5 Å². The highest BCUT2D eigenvalue weighted by molar-refractivity contribution is 7.14. The number of anilines is 1. The fraction of sp³-hybridized carbons (Fsp3) is 0.450. The van der Waals surface area contributed by atoms with E-state index in [1.807, 2.05) is 0 Å². The largest absolute Gasteiger partial charge is 0.469 e. The summed E-state index contributed by atoms with van der Waals surface area (Å²) in [6.07, 6.45) is 6.02. The van der Waals surface area contributed by atoms with Crippen molar-refractivity contribution in [1.29, 1.82) is 0 Å². The zero-order chi connectivity index (χ0) is 21.1. The van der Waals surface area contributed by atoms with Crippen molar-refractivity contribution in [1.82, 2.24) is 24.6 Å². The number of rotatable bonds is 6. The molecule has 0 aliphatic carbocycles. The van der Waals surface area contributed by atoms with Crippen molar-refractivity contribution in [2.45, 2.75) is 52.1 Å². The van der Waals surface area contributed by atoms with E-state index in [0.29, 0.717) is 28.7 Å². The molecule has 10 heteroatoms. The van der Waals surface area contributed by atoms with Gasteiger partial charge in [0.15, 0.2) is 11.0 Å². The van der Waals surface area contributed by atoms with Crippen LogP contribution >= 0.6 is 11.3 Å². The summed E-state index contributed by atoms with van der Waals surface area (Å²) in [5.41, 5.74) is 1.09. The molecule has 0 bridgehead atoms. The minimum absolute atomic E-state index is 0.0603. The molecule has 0 radical (unpaired) electrons. The molecule has 0 spiro atoms. The summed E-state index contributed by atoms with van der Waals surface area (Å²) < 4.78 is 7.30. The SMILES string of the molecule is Cc1occc1C(=O)Nc1nc(CC(=O)N(C)Cc2nnc3n2CCCCC3)cs1. The molecule has 9 nitrogen and oxygen atoms in total. The molecule has 0 saturated carbocycles. The second-order valence-electron chi connectivity index (χ2n) is 7.41. The van der Waals surface area contributed by atoms with E-state index in [1.54, 1.807) is 30.3 Å². The van der Waals surface area contributed by atoms with Crippen LogP contribution in [0.5, 0.6) is 0 Å². The Morgan fingerprint density at radius 2 is 2.17 bits per heavy atom. The molecule has 0 fully saturated rings. The summed E-state index contributed by atoms with van der Waals surface area (Å²) in [4.78, 5) is 30.9. The van der Waals surface area contributed by atoms with E-state index in [4.69, 9.17) is 4.42 Å². The van der Waals surface area contributed by atoms with Crippen LogP contribution in [0, 0.1) is 6.92 Å². The maximum absolute atomic E-state index is 12.7. The van der Waals surface area contributed by atoms with Crippen molar-refractivity contribution in [3.05, 3.63) is 46.4 Å². The lowest BCUT2D eigenvalue weighted by Crippen LogP contribution is -2.29. The van der Waals surface area contributed by atoms with Gasteiger partial charge in [-0.15, -0.1) is 21.5 Å². The number of thiazole rings is 1. The molecule has 3 aromatic rings. The first-order chi connectivity index (χ1) is 14.5. The van der Waals surface area contributed by atoms with Gasteiger partial charge in [-0.25, -0.2) is 4.98 Å². The summed E-state index contributed by atoms with van der Waals surface area (Å²) in [5.74, 6) is 2.04. The molecule has 3 aromatic heterocycles. The molecule has 1 aliphatic rings. The lowest BCUT2D eigenvalue weighted by atomic mass is 10.2. The molecule has 1 aliphatic heterocycles. The number of amides is 2. The van der Waals surface area contributed by atoms with Gasteiger partial charge in [0.2, 0.25) is 5.91 Å². The summed E-state index contributed by atoms with van der Waals surface area (Å²) in [7, 11) is 1.76. The van der Waals surface area contributed by atoms with Crippen molar-refractivity contribution in [2.24, 2.45) is 0 Å². The van der Waals surface area contributed by atoms with E-state index >= 15 is 0 Å². The summed E-state index contributed by atoms with van der Waals surface area (Å²) in [5, 5.41) is 13.6. The second kappa shape index (κ2) is 8.78. The van der Waals surface area contributed by atoms with Crippen LogP contribution in [0.4, 0.5) is 5.13 Å². The van der Waals surface area contributed by atoms with Gasteiger partial charge in [0, 0.05) is 25.4 Å². The minimum Gasteiger partial charge on any atom is -0.469 e. The monoisotopic (exact) mass is 428 g/mol. The highest BCUT2D eigenvalue weighted by atomic mass is 32.1. The zero-order valence-corrected chi connectivity index (χ0v) is 17.9. The number of carbonyl (C=O) groups is 2. The first kappa shape index (κ1) is 20.3. The number of carbonyl (C=O) groups excluding carboxylic acids is 2. The Hall–Kier alpha value is -3.01. The van der Waals surface area contributed by atoms with E-state index in [1.165, 1.54) is 24.0 Å². The molecule has 1 N–H and O–H groups in total. The number of fused-ring (bicyclic) bond motifs is 1. The quantitative estimate of drug-likeness (QED) is 0.647. The molecule has 158 valence electrons. The van der Waals surface area contributed by atoms with Gasteiger partial charge in [0.1, 0.15) is 11.6 Å². The number of nitrogens with zero attached hydrogens (tertiary/aromatic N) is 5. The van der Waals surface area contributed by atoms with Crippen LogP contribution in [0.25, 0.3) is 0 Å². The van der Waals surface area contributed by atoms with E-state index in [2.05, 4.69) is 25.1 Å². The van der Waals surface area contributed by atoms with Crippen molar-refractivity contribution in [2.75, 3.05) is 12.4 Å². The second-order valence-corrected chi connectivity index (χ2v) is 8.27. The average molecular weight is 429 g/mol. The van der Waals surface area contributed by atoms with Crippen LogP contribution in [0.15, 0.2) is 22.1 Å². The van der Waals surface area contributed by atoms with Gasteiger partial charge in [-0.3, -0.25) is 14.9 Å². The molecule has 0 atom stereocenters. The fourth-order valence-electron chi connectivity index (χ4n) is 3.48. The number of hydrogen-bond donors (Lipinski definition) is 1. The first-order valence-electron chi connectivity index (χ1n) is 9.96. The van der Waals surface area contributed by atoms with Crippen molar-refractivity contribution < 1.29 is 14.0 Å². The van der Waals surface area contributed by atoms with Crippen LogP contribution < -0.4 is 5.32 Å². The topological polar surface area (TPSA) is 106 Å². The molecular weight excluding hydrogens is 404 g/mol. The van der Waals surface area contributed by atoms with Crippen LogP contribution in [-0.4, -0.2) is 43.5 Å². The van der Waals surface area contributed by atoms with Crippen molar-refractivity contribution >= 4 is 28.3 Å². The Balaban J connectivity index is 1.34. The third kappa shape index (κ3) is 4.43.